The molecular formula is C24H34N2O4. The standard InChI is InChI=1S/2C12H17NO2/c1-12(2)8-15-11(7-13-12)9-3-5-10(14)6-4-9;1-12(2)8-13-7-11(15-12)9-3-5-10(14)6-4-9/h2*3-6,11,13-14H,7-8H2,1-2H3. The Bertz CT molecular complexity index is 793. The largest absolute Gasteiger partial charge is 0.508 e. The summed E-state index contributed by atoms with van der Waals surface area (Å²) in [7, 11) is 0. The first-order valence-corrected chi connectivity index (χ1v) is 10.5. The minimum atomic E-state index is -0.124. The SMILES string of the molecule is CC1(C)CNCC(c2ccc(O)cc2)O1.CC1(C)COC(c2ccc(O)cc2)CN1. The minimum absolute atomic E-state index is 0.0629. The average Bonchev–Trinajstić information content (AvgIpc) is 2.69. The zero-order valence-corrected chi connectivity index (χ0v) is 18.3. The van der Waals surface area contributed by atoms with Crippen LogP contribution in [0.15, 0.2) is 48.5 Å². The minimum Gasteiger partial charge on any atom is -0.508 e. The number of nitrogens with one attached hydrogen (secondary N) is 2. The highest BCUT2D eigenvalue weighted by molar-refractivity contribution is 5.28. The van der Waals surface area contributed by atoms with Gasteiger partial charge in [-0.2, -0.15) is 0 Å². The smallest absolute Gasteiger partial charge is 0.115 e. The lowest BCUT2D eigenvalue weighted by molar-refractivity contribution is -0.0958. The molecule has 164 valence electrons. The number of phenolic OH excluding ortho intramolecular Hbond substituents is 2. The van der Waals surface area contributed by atoms with Crippen molar-refractivity contribution in [2.24, 2.45) is 0 Å². The van der Waals surface area contributed by atoms with Crippen LogP contribution in [0.5, 0.6) is 11.5 Å². The molecule has 4 N–H and O–H groups in total. The maximum atomic E-state index is 9.20. The molecule has 2 unspecified atom stereocenters. The average molecular weight is 415 g/mol. The predicted octanol–water partition coefficient (Wildman–Crippen LogP) is 3.66. The van der Waals surface area contributed by atoms with Gasteiger partial charge in [-0.1, -0.05) is 24.3 Å². The van der Waals surface area contributed by atoms with Crippen LogP contribution in [0, 0.1) is 0 Å². The third-order valence-electron chi connectivity index (χ3n) is 5.28. The summed E-state index contributed by atoms with van der Waals surface area (Å²) in [5.41, 5.74) is 2.15. The number of hydrogen-bond acceptors (Lipinski definition) is 6. The quantitative estimate of drug-likeness (QED) is 0.600. The Morgan fingerprint density at radius 1 is 0.800 bits per heavy atom. The van der Waals surface area contributed by atoms with Gasteiger partial charge in [-0.05, 0) is 63.1 Å². The van der Waals surface area contributed by atoms with Gasteiger partial charge < -0.3 is 30.3 Å². The van der Waals surface area contributed by atoms with E-state index >= 15 is 0 Å². The number of phenols is 2. The second-order valence-corrected chi connectivity index (χ2v) is 9.24. The van der Waals surface area contributed by atoms with Crippen molar-refractivity contribution in [2.75, 3.05) is 26.2 Å². The van der Waals surface area contributed by atoms with E-state index in [0.717, 1.165) is 30.8 Å². The number of rotatable bonds is 2. The first kappa shape index (κ1) is 22.6. The lowest BCUT2D eigenvalue weighted by Gasteiger charge is -2.36. The van der Waals surface area contributed by atoms with Crippen LogP contribution in [0.3, 0.4) is 0 Å². The van der Waals surface area contributed by atoms with Crippen molar-refractivity contribution in [1.29, 1.82) is 0 Å². The molecule has 0 aromatic heterocycles. The molecule has 2 aromatic rings. The van der Waals surface area contributed by atoms with Crippen LogP contribution in [-0.2, 0) is 9.47 Å². The zero-order valence-electron chi connectivity index (χ0n) is 18.3. The van der Waals surface area contributed by atoms with Crippen LogP contribution in [0.25, 0.3) is 0 Å². The predicted molar refractivity (Wildman–Crippen MR) is 118 cm³/mol. The fourth-order valence-corrected chi connectivity index (χ4v) is 3.54. The van der Waals surface area contributed by atoms with E-state index in [0.29, 0.717) is 18.1 Å². The van der Waals surface area contributed by atoms with Gasteiger partial charge in [0.2, 0.25) is 0 Å². The van der Waals surface area contributed by atoms with Gasteiger partial charge in [0.1, 0.15) is 11.5 Å². The lowest BCUT2D eigenvalue weighted by atomic mass is 10.0. The molecule has 0 saturated carbocycles. The molecule has 2 aromatic carbocycles. The molecule has 2 aliphatic heterocycles. The lowest BCUT2D eigenvalue weighted by Crippen LogP contribution is -2.50. The van der Waals surface area contributed by atoms with Crippen LogP contribution in [0.1, 0.15) is 51.0 Å². The first-order chi connectivity index (χ1) is 14.1. The normalized spacial score (nSPS) is 25.1. The van der Waals surface area contributed by atoms with Crippen molar-refractivity contribution >= 4 is 0 Å². The second kappa shape index (κ2) is 9.35. The monoisotopic (exact) mass is 414 g/mol. The van der Waals surface area contributed by atoms with E-state index in [1.54, 1.807) is 24.3 Å². The molecule has 30 heavy (non-hydrogen) atoms. The van der Waals surface area contributed by atoms with Gasteiger partial charge >= 0.3 is 0 Å². The molecule has 0 spiro atoms. The van der Waals surface area contributed by atoms with Gasteiger partial charge in [0.25, 0.3) is 0 Å². The van der Waals surface area contributed by atoms with E-state index in [9.17, 15) is 10.2 Å². The Kier molecular flexibility index (Phi) is 7.03. The highest BCUT2D eigenvalue weighted by atomic mass is 16.5. The highest BCUT2D eigenvalue weighted by Gasteiger charge is 2.29. The number of benzene rings is 2. The summed E-state index contributed by atoms with van der Waals surface area (Å²) >= 11 is 0. The number of morpholine rings is 2. The summed E-state index contributed by atoms with van der Waals surface area (Å²) in [5.74, 6) is 0.588. The van der Waals surface area contributed by atoms with Crippen molar-refractivity contribution in [3.05, 3.63) is 59.7 Å². The van der Waals surface area contributed by atoms with Crippen LogP contribution >= 0.6 is 0 Å². The maximum absolute atomic E-state index is 9.20. The van der Waals surface area contributed by atoms with Gasteiger partial charge in [0.15, 0.2) is 0 Å². The van der Waals surface area contributed by atoms with Crippen molar-refractivity contribution < 1.29 is 19.7 Å². The summed E-state index contributed by atoms with van der Waals surface area (Å²) in [5, 5.41) is 25.2. The molecule has 2 heterocycles. The zero-order chi connectivity index (χ0) is 21.8. The number of ether oxygens (including phenoxy) is 2. The molecule has 2 aliphatic rings. The molecule has 4 rings (SSSR count). The summed E-state index contributed by atoms with van der Waals surface area (Å²) in [6.45, 7) is 11.6. The number of aromatic hydroxyl groups is 2. The molecule has 6 heteroatoms. The Morgan fingerprint density at radius 2 is 1.33 bits per heavy atom. The fraction of sp³-hybridized carbons (Fsp3) is 0.500. The van der Waals surface area contributed by atoms with E-state index in [-0.39, 0.29) is 23.3 Å². The van der Waals surface area contributed by atoms with Crippen LogP contribution in [0.2, 0.25) is 0 Å². The van der Waals surface area contributed by atoms with E-state index in [4.69, 9.17) is 9.47 Å². The van der Waals surface area contributed by atoms with Gasteiger partial charge in [0, 0.05) is 25.2 Å². The Morgan fingerprint density at radius 3 is 1.80 bits per heavy atom. The Labute approximate surface area is 179 Å². The molecule has 0 bridgehead atoms. The summed E-state index contributed by atoms with van der Waals surface area (Å²) in [6, 6.07) is 14.4. The highest BCUT2D eigenvalue weighted by Crippen LogP contribution is 2.28. The fourth-order valence-electron chi connectivity index (χ4n) is 3.54. The van der Waals surface area contributed by atoms with Crippen molar-refractivity contribution in [3.63, 3.8) is 0 Å². The van der Waals surface area contributed by atoms with Gasteiger partial charge in [-0.25, -0.2) is 0 Å². The molecule has 0 radical (unpaired) electrons. The Hall–Kier alpha value is -2.12. The third kappa shape index (κ3) is 6.44. The Balaban J connectivity index is 0.000000171. The van der Waals surface area contributed by atoms with Gasteiger partial charge in [-0.3, -0.25) is 0 Å². The molecule has 2 atom stereocenters. The molecule has 6 nitrogen and oxygen atoms in total. The van der Waals surface area contributed by atoms with Crippen molar-refractivity contribution in [1.82, 2.24) is 10.6 Å². The molecule has 0 aliphatic carbocycles. The maximum Gasteiger partial charge on any atom is 0.115 e. The van der Waals surface area contributed by atoms with E-state index in [1.165, 1.54) is 0 Å². The molecular weight excluding hydrogens is 380 g/mol. The molecule has 2 saturated heterocycles. The summed E-state index contributed by atoms with van der Waals surface area (Å²) in [4.78, 5) is 0. The topological polar surface area (TPSA) is 83.0 Å². The van der Waals surface area contributed by atoms with E-state index in [2.05, 4.69) is 38.3 Å². The van der Waals surface area contributed by atoms with Crippen LogP contribution < -0.4 is 10.6 Å². The van der Waals surface area contributed by atoms with Crippen LogP contribution in [-0.4, -0.2) is 47.6 Å². The second-order valence-electron chi connectivity index (χ2n) is 9.24. The van der Waals surface area contributed by atoms with Crippen LogP contribution in [0.4, 0.5) is 0 Å². The van der Waals surface area contributed by atoms with Crippen molar-refractivity contribution in [3.8, 4) is 11.5 Å². The van der Waals surface area contributed by atoms with E-state index < -0.39 is 0 Å². The van der Waals surface area contributed by atoms with Gasteiger partial charge in [-0.15, -0.1) is 0 Å². The van der Waals surface area contributed by atoms with Crippen molar-refractivity contribution in [2.45, 2.75) is 51.0 Å². The summed E-state index contributed by atoms with van der Waals surface area (Å²) in [6.07, 6.45) is 0.174. The first-order valence-electron chi connectivity index (χ1n) is 10.5. The third-order valence-corrected chi connectivity index (χ3v) is 5.28. The molecule has 2 fully saturated rings. The molecule has 0 amide bonds. The summed E-state index contributed by atoms with van der Waals surface area (Å²) < 4.78 is 11.7. The van der Waals surface area contributed by atoms with Gasteiger partial charge in [0.05, 0.1) is 24.4 Å². The number of hydrogen-bond donors (Lipinski definition) is 4. The van der Waals surface area contributed by atoms with E-state index in [1.807, 2.05) is 24.3 Å².